The Balaban J connectivity index is 1.59. The lowest BCUT2D eigenvalue weighted by Gasteiger charge is -2.14. The van der Waals surface area contributed by atoms with E-state index >= 15 is 0 Å². The van der Waals surface area contributed by atoms with Gasteiger partial charge in [-0.25, -0.2) is 0 Å². The number of furan rings is 1. The van der Waals surface area contributed by atoms with Crippen LogP contribution in [0.5, 0.6) is 0 Å². The predicted molar refractivity (Wildman–Crippen MR) is 84.6 cm³/mol. The van der Waals surface area contributed by atoms with Crippen molar-refractivity contribution in [1.82, 2.24) is 15.1 Å². The summed E-state index contributed by atoms with van der Waals surface area (Å²) in [4.78, 5) is 25.9. The molecule has 0 bridgehead atoms. The maximum Gasteiger partial charge on any atom is 0.249 e. The van der Waals surface area contributed by atoms with Crippen LogP contribution in [-0.4, -0.2) is 34.2 Å². The second-order valence-electron chi connectivity index (χ2n) is 5.49. The number of anilines is 1. The van der Waals surface area contributed by atoms with E-state index in [0.29, 0.717) is 18.7 Å². The number of hydrogen-bond acceptors (Lipinski definition) is 4. The zero-order valence-electron chi connectivity index (χ0n) is 13.0. The zero-order valence-corrected chi connectivity index (χ0v) is 13.0. The van der Waals surface area contributed by atoms with Crippen molar-refractivity contribution in [1.29, 1.82) is 0 Å². The number of nitrogens with one attached hydrogen (secondary N) is 1. The van der Waals surface area contributed by atoms with E-state index in [-0.39, 0.29) is 11.8 Å². The minimum atomic E-state index is -0.509. The van der Waals surface area contributed by atoms with Gasteiger partial charge in [-0.2, -0.15) is 5.10 Å². The number of carbonyl (C=O) groups excluding carboxylic acids is 2. The van der Waals surface area contributed by atoms with E-state index in [9.17, 15) is 9.59 Å². The lowest BCUT2D eigenvalue weighted by atomic mass is 10.2. The van der Waals surface area contributed by atoms with Gasteiger partial charge in [0.25, 0.3) is 0 Å². The summed E-state index contributed by atoms with van der Waals surface area (Å²) in [6, 6.07) is 3.10. The molecule has 2 amide bonds. The molecule has 1 atom stereocenters. The first-order valence-corrected chi connectivity index (χ1v) is 7.38. The lowest BCUT2D eigenvalue weighted by Crippen LogP contribution is -2.40. The molecule has 3 heterocycles. The van der Waals surface area contributed by atoms with Crippen LogP contribution < -0.4 is 10.2 Å². The van der Waals surface area contributed by atoms with E-state index in [4.69, 9.17) is 4.42 Å². The summed E-state index contributed by atoms with van der Waals surface area (Å²) in [5.74, 6) is 0.953. The Hall–Kier alpha value is -2.83. The molecule has 2 aromatic heterocycles. The van der Waals surface area contributed by atoms with E-state index in [1.54, 1.807) is 41.2 Å². The average Bonchev–Trinajstić information content (AvgIpc) is 3.20. The molecule has 23 heavy (non-hydrogen) atoms. The number of amides is 2. The first kappa shape index (κ1) is 15.1. The van der Waals surface area contributed by atoms with Gasteiger partial charge in [-0.3, -0.25) is 14.3 Å². The lowest BCUT2D eigenvalue weighted by molar-refractivity contribution is -0.123. The van der Waals surface area contributed by atoms with Gasteiger partial charge < -0.3 is 14.6 Å². The molecule has 1 unspecified atom stereocenters. The Morgan fingerprint density at radius 2 is 2.30 bits per heavy atom. The van der Waals surface area contributed by atoms with Crippen LogP contribution in [0, 0.1) is 6.92 Å². The largest absolute Gasteiger partial charge is 0.462 e. The molecular formula is C16H18N4O3. The Kier molecular flexibility index (Phi) is 4.01. The molecule has 0 saturated carbocycles. The second kappa shape index (κ2) is 6.12. The van der Waals surface area contributed by atoms with Gasteiger partial charge in [0, 0.05) is 25.9 Å². The summed E-state index contributed by atoms with van der Waals surface area (Å²) in [5.41, 5.74) is 0.746. The summed E-state index contributed by atoms with van der Waals surface area (Å²) in [7, 11) is 1.80. The van der Waals surface area contributed by atoms with Crippen molar-refractivity contribution in [3.8, 4) is 0 Å². The Labute approximate surface area is 133 Å². The van der Waals surface area contributed by atoms with Crippen molar-refractivity contribution >= 4 is 23.6 Å². The van der Waals surface area contributed by atoms with Crippen LogP contribution in [0.4, 0.5) is 5.69 Å². The van der Waals surface area contributed by atoms with Crippen LogP contribution in [0.2, 0.25) is 0 Å². The fourth-order valence-corrected chi connectivity index (χ4v) is 2.54. The smallest absolute Gasteiger partial charge is 0.249 e. The highest BCUT2D eigenvalue weighted by atomic mass is 16.3. The van der Waals surface area contributed by atoms with Crippen molar-refractivity contribution in [3.05, 3.63) is 42.1 Å². The fourth-order valence-electron chi connectivity index (χ4n) is 2.54. The molecule has 1 aliphatic heterocycles. The Morgan fingerprint density at radius 3 is 2.96 bits per heavy atom. The minimum Gasteiger partial charge on any atom is -0.462 e. The van der Waals surface area contributed by atoms with Gasteiger partial charge in [0.1, 0.15) is 17.6 Å². The SMILES string of the molecule is Cc1ccc(/C=C/C(=O)NC2CCN(c3cnn(C)c3)C2=O)o1. The Morgan fingerprint density at radius 1 is 1.48 bits per heavy atom. The monoisotopic (exact) mass is 314 g/mol. The first-order valence-electron chi connectivity index (χ1n) is 7.38. The standard InChI is InChI=1S/C16H18N4O3/c1-11-3-4-13(23-11)5-6-15(21)18-14-7-8-20(16(14)22)12-9-17-19(2)10-12/h3-6,9-10,14H,7-8H2,1-2H3,(H,18,21)/b6-5+. The van der Waals surface area contributed by atoms with E-state index in [0.717, 1.165) is 11.4 Å². The molecule has 0 radical (unpaired) electrons. The number of hydrogen-bond donors (Lipinski definition) is 1. The third-order valence-corrected chi connectivity index (χ3v) is 3.69. The van der Waals surface area contributed by atoms with Crippen LogP contribution in [0.25, 0.3) is 6.08 Å². The van der Waals surface area contributed by atoms with E-state index in [1.807, 2.05) is 13.0 Å². The van der Waals surface area contributed by atoms with Crippen LogP contribution in [0.3, 0.4) is 0 Å². The molecule has 0 spiro atoms. The number of carbonyl (C=O) groups is 2. The highest BCUT2D eigenvalue weighted by molar-refractivity contribution is 6.02. The summed E-state index contributed by atoms with van der Waals surface area (Å²) in [6.07, 6.45) is 6.95. The molecule has 7 heteroatoms. The molecule has 1 fully saturated rings. The molecule has 1 aliphatic rings. The van der Waals surface area contributed by atoms with E-state index in [2.05, 4.69) is 10.4 Å². The normalized spacial score (nSPS) is 18.1. The summed E-state index contributed by atoms with van der Waals surface area (Å²) < 4.78 is 6.99. The van der Waals surface area contributed by atoms with Crippen molar-refractivity contribution in [2.24, 2.45) is 7.05 Å². The van der Waals surface area contributed by atoms with Crippen LogP contribution in [0.1, 0.15) is 17.9 Å². The van der Waals surface area contributed by atoms with Crippen molar-refractivity contribution in [2.75, 3.05) is 11.4 Å². The fraction of sp³-hybridized carbons (Fsp3) is 0.312. The highest BCUT2D eigenvalue weighted by Crippen LogP contribution is 2.20. The molecule has 7 nitrogen and oxygen atoms in total. The first-order chi connectivity index (χ1) is 11.0. The van der Waals surface area contributed by atoms with E-state index < -0.39 is 6.04 Å². The maximum absolute atomic E-state index is 12.4. The molecular weight excluding hydrogens is 296 g/mol. The van der Waals surface area contributed by atoms with Crippen molar-refractivity contribution < 1.29 is 14.0 Å². The summed E-state index contributed by atoms with van der Waals surface area (Å²) in [6.45, 7) is 2.40. The van der Waals surface area contributed by atoms with Crippen molar-refractivity contribution in [3.63, 3.8) is 0 Å². The predicted octanol–water partition coefficient (Wildman–Crippen LogP) is 1.26. The molecule has 0 aliphatic carbocycles. The quantitative estimate of drug-likeness (QED) is 0.862. The molecule has 0 aromatic carbocycles. The summed E-state index contributed by atoms with van der Waals surface area (Å²) in [5, 5.41) is 6.79. The highest BCUT2D eigenvalue weighted by Gasteiger charge is 2.33. The average molecular weight is 314 g/mol. The molecule has 3 rings (SSSR count). The number of aromatic nitrogens is 2. The number of aryl methyl sites for hydroxylation is 2. The zero-order chi connectivity index (χ0) is 16.4. The minimum absolute atomic E-state index is 0.117. The van der Waals surface area contributed by atoms with Crippen LogP contribution >= 0.6 is 0 Å². The van der Waals surface area contributed by atoms with E-state index in [1.165, 1.54) is 6.08 Å². The number of rotatable bonds is 4. The third kappa shape index (κ3) is 3.33. The van der Waals surface area contributed by atoms with Gasteiger partial charge in [0.2, 0.25) is 11.8 Å². The van der Waals surface area contributed by atoms with Gasteiger partial charge in [0.05, 0.1) is 11.9 Å². The van der Waals surface area contributed by atoms with Crippen molar-refractivity contribution in [2.45, 2.75) is 19.4 Å². The van der Waals surface area contributed by atoms with Gasteiger partial charge in [-0.1, -0.05) is 0 Å². The van der Waals surface area contributed by atoms with Gasteiger partial charge >= 0.3 is 0 Å². The van der Waals surface area contributed by atoms with Crippen LogP contribution in [-0.2, 0) is 16.6 Å². The maximum atomic E-state index is 12.4. The van der Waals surface area contributed by atoms with Gasteiger partial charge in [-0.05, 0) is 31.6 Å². The molecule has 2 aromatic rings. The topological polar surface area (TPSA) is 80.4 Å². The molecule has 120 valence electrons. The van der Waals surface area contributed by atoms with Gasteiger partial charge in [-0.15, -0.1) is 0 Å². The Bertz CT molecular complexity index is 759. The molecule has 1 N–H and O–H groups in total. The van der Waals surface area contributed by atoms with Gasteiger partial charge in [0.15, 0.2) is 0 Å². The number of nitrogens with zero attached hydrogens (tertiary/aromatic N) is 3. The summed E-state index contributed by atoms with van der Waals surface area (Å²) >= 11 is 0. The third-order valence-electron chi connectivity index (χ3n) is 3.69. The second-order valence-corrected chi connectivity index (χ2v) is 5.49. The molecule has 1 saturated heterocycles. The van der Waals surface area contributed by atoms with Crippen LogP contribution in [0.15, 0.2) is 35.0 Å².